The molecule has 1 aliphatic rings. The van der Waals surface area contributed by atoms with Crippen LogP contribution in [0.3, 0.4) is 0 Å². The third-order valence-electron chi connectivity index (χ3n) is 3.97. The molecule has 0 saturated carbocycles. The SMILES string of the molecule is Cc1cc(C)nc(Nc2cncc([C@@H]3CCCN3CCO)n2)n1. The fraction of sp³-hybridized carbons (Fsp3) is 0.500. The Labute approximate surface area is 135 Å². The lowest BCUT2D eigenvalue weighted by Gasteiger charge is -2.22. The van der Waals surface area contributed by atoms with E-state index in [1.807, 2.05) is 19.9 Å². The van der Waals surface area contributed by atoms with Gasteiger partial charge in [-0.2, -0.15) is 0 Å². The van der Waals surface area contributed by atoms with E-state index in [2.05, 4.69) is 30.2 Å². The summed E-state index contributed by atoms with van der Waals surface area (Å²) in [5.41, 5.74) is 2.74. The molecule has 7 heteroatoms. The molecule has 3 rings (SSSR count). The molecule has 2 N–H and O–H groups in total. The number of hydrogen-bond acceptors (Lipinski definition) is 7. The van der Waals surface area contributed by atoms with Crippen molar-refractivity contribution in [3.05, 3.63) is 35.5 Å². The van der Waals surface area contributed by atoms with Crippen LogP contribution in [0.5, 0.6) is 0 Å². The van der Waals surface area contributed by atoms with E-state index >= 15 is 0 Å². The lowest BCUT2D eigenvalue weighted by Crippen LogP contribution is -2.27. The summed E-state index contributed by atoms with van der Waals surface area (Å²) in [6, 6.07) is 2.15. The van der Waals surface area contributed by atoms with Crippen LogP contribution in [-0.2, 0) is 0 Å². The van der Waals surface area contributed by atoms with Crippen molar-refractivity contribution in [1.29, 1.82) is 0 Å². The highest BCUT2D eigenvalue weighted by molar-refractivity contribution is 5.46. The Kier molecular flexibility index (Phi) is 4.78. The third-order valence-corrected chi connectivity index (χ3v) is 3.97. The molecular formula is C16H22N6O. The molecule has 122 valence electrons. The van der Waals surface area contributed by atoms with Crippen molar-refractivity contribution in [2.24, 2.45) is 0 Å². The van der Waals surface area contributed by atoms with Crippen LogP contribution < -0.4 is 5.32 Å². The zero-order chi connectivity index (χ0) is 16.2. The number of aryl methyl sites for hydroxylation is 2. The van der Waals surface area contributed by atoms with Gasteiger partial charge in [0.1, 0.15) is 0 Å². The van der Waals surface area contributed by atoms with Gasteiger partial charge in [0, 0.05) is 17.9 Å². The summed E-state index contributed by atoms with van der Waals surface area (Å²) in [6.07, 6.45) is 5.63. The molecule has 2 aromatic rings. The van der Waals surface area contributed by atoms with Gasteiger partial charge in [0.25, 0.3) is 0 Å². The van der Waals surface area contributed by atoms with Crippen LogP contribution in [0.2, 0.25) is 0 Å². The van der Waals surface area contributed by atoms with Crippen LogP contribution >= 0.6 is 0 Å². The first-order chi connectivity index (χ1) is 11.2. The van der Waals surface area contributed by atoms with Crippen molar-refractivity contribution in [2.45, 2.75) is 32.7 Å². The number of aromatic nitrogens is 4. The number of likely N-dealkylation sites (tertiary alicyclic amines) is 1. The number of aliphatic hydroxyl groups excluding tert-OH is 1. The molecule has 1 atom stereocenters. The molecule has 2 aromatic heterocycles. The highest BCUT2D eigenvalue weighted by Crippen LogP contribution is 2.30. The Morgan fingerprint density at radius 2 is 2.00 bits per heavy atom. The quantitative estimate of drug-likeness (QED) is 0.869. The van der Waals surface area contributed by atoms with Crippen LogP contribution in [0.25, 0.3) is 0 Å². The van der Waals surface area contributed by atoms with E-state index in [0.29, 0.717) is 18.3 Å². The number of rotatable bonds is 5. The summed E-state index contributed by atoms with van der Waals surface area (Å²) in [5.74, 6) is 1.18. The predicted octanol–water partition coefficient (Wildman–Crippen LogP) is 1.76. The highest BCUT2D eigenvalue weighted by atomic mass is 16.3. The monoisotopic (exact) mass is 314 g/mol. The molecule has 0 bridgehead atoms. The van der Waals surface area contributed by atoms with Crippen molar-refractivity contribution < 1.29 is 5.11 Å². The lowest BCUT2D eigenvalue weighted by atomic mass is 10.1. The van der Waals surface area contributed by atoms with E-state index in [1.54, 1.807) is 12.4 Å². The van der Waals surface area contributed by atoms with Crippen LogP contribution in [0.1, 0.15) is 36.0 Å². The number of aliphatic hydroxyl groups is 1. The smallest absolute Gasteiger partial charge is 0.228 e. The molecule has 1 saturated heterocycles. The number of nitrogens with one attached hydrogen (secondary N) is 1. The second-order valence-corrected chi connectivity index (χ2v) is 5.85. The van der Waals surface area contributed by atoms with E-state index in [0.717, 1.165) is 36.5 Å². The van der Waals surface area contributed by atoms with Crippen molar-refractivity contribution in [3.8, 4) is 0 Å². The molecule has 0 unspecified atom stereocenters. The average Bonchev–Trinajstić information content (AvgIpc) is 2.95. The van der Waals surface area contributed by atoms with Crippen molar-refractivity contribution in [3.63, 3.8) is 0 Å². The zero-order valence-electron chi connectivity index (χ0n) is 13.5. The number of anilines is 2. The van der Waals surface area contributed by atoms with Gasteiger partial charge in [0.2, 0.25) is 5.95 Å². The molecule has 0 aromatic carbocycles. The minimum atomic E-state index is 0.165. The summed E-state index contributed by atoms with van der Waals surface area (Å²) in [4.78, 5) is 19.9. The third kappa shape index (κ3) is 3.80. The van der Waals surface area contributed by atoms with Crippen LogP contribution in [-0.4, -0.2) is 49.6 Å². The van der Waals surface area contributed by atoms with Gasteiger partial charge in [0.15, 0.2) is 5.82 Å². The van der Waals surface area contributed by atoms with Crippen molar-refractivity contribution in [2.75, 3.05) is 25.0 Å². The topological polar surface area (TPSA) is 87.1 Å². The average molecular weight is 314 g/mol. The van der Waals surface area contributed by atoms with Gasteiger partial charge in [-0.15, -0.1) is 0 Å². The lowest BCUT2D eigenvalue weighted by molar-refractivity contribution is 0.183. The summed E-state index contributed by atoms with van der Waals surface area (Å²) >= 11 is 0. The maximum atomic E-state index is 9.19. The van der Waals surface area contributed by atoms with Gasteiger partial charge >= 0.3 is 0 Å². The van der Waals surface area contributed by atoms with E-state index in [1.165, 1.54) is 0 Å². The molecule has 3 heterocycles. The first-order valence-corrected chi connectivity index (χ1v) is 7.92. The zero-order valence-corrected chi connectivity index (χ0v) is 13.5. The molecule has 1 aliphatic heterocycles. The van der Waals surface area contributed by atoms with Crippen LogP contribution in [0.15, 0.2) is 18.5 Å². The second kappa shape index (κ2) is 6.97. The van der Waals surface area contributed by atoms with Gasteiger partial charge in [-0.1, -0.05) is 0 Å². The summed E-state index contributed by atoms with van der Waals surface area (Å²) < 4.78 is 0. The molecule has 0 amide bonds. The minimum absolute atomic E-state index is 0.165. The van der Waals surface area contributed by atoms with Gasteiger partial charge < -0.3 is 10.4 Å². The Bertz CT molecular complexity index is 657. The van der Waals surface area contributed by atoms with E-state index in [9.17, 15) is 5.11 Å². The molecular weight excluding hydrogens is 292 g/mol. The van der Waals surface area contributed by atoms with E-state index in [-0.39, 0.29) is 12.6 Å². The van der Waals surface area contributed by atoms with E-state index in [4.69, 9.17) is 0 Å². The maximum Gasteiger partial charge on any atom is 0.228 e. The van der Waals surface area contributed by atoms with Crippen LogP contribution in [0.4, 0.5) is 11.8 Å². The second-order valence-electron chi connectivity index (χ2n) is 5.85. The van der Waals surface area contributed by atoms with Gasteiger partial charge in [-0.25, -0.2) is 15.0 Å². The summed E-state index contributed by atoms with van der Waals surface area (Å²) in [7, 11) is 0. The minimum Gasteiger partial charge on any atom is -0.395 e. The number of hydrogen-bond donors (Lipinski definition) is 2. The van der Waals surface area contributed by atoms with E-state index < -0.39 is 0 Å². The first-order valence-electron chi connectivity index (χ1n) is 7.92. The fourth-order valence-corrected chi connectivity index (χ4v) is 3.06. The molecule has 7 nitrogen and oxygen atoms in total. The van der Waals surface area contributed by atoms with Gasteiger partial charge in [0.05, 0.1) is 30.7 Å². The summed E-state index contributed by atoms with van der Waals surface area (Å²) in [6.45, 7) is 5.70. The number of β-amino-alcohol motifs (C(OH)–C–C–N with tert-alkyl or cyclic N) is 1. The van der Waals surface area contributed by atoms with Crippen LogP contribution in [0, 0.1) is 13.8 Å². The molecule has 23 heavy (non-hydrogen) atoms. The molecule has 0 aliphatic carbocycles. The predicted molar refractivity (Wildman–Crippen MR) is 87.5 cm³/mol. The first kappa shape index (κ1) is 15.8. The number of nitrogens with zero attached hydrogens (tertiary/aromatic N) is 5. The maximum absolute atomic E-state index is 9.19. The van der Waals surface area contributed by atoms with Gasteiger partial charge in [-0.05, 0) is 39.3 Å². The molecule has 0 spiro atoms. The standard InChI is InChI=1S/C16H22N6O/c1-11-8-12(2)19-16(18-11)21-15-10-17-9-13(20-15)14-4-3-5-22(14)6-7-23/h8-10,14,23H,3-7H2,1-2H3,(H,18,19,20,21)/t14-/m0/s1. The van der Waals surface area contributed by atoms with Gasteiger partial charge in [-0.3, -0.25) is 9.88 Å². The summed E-state index contributed by atoms with van der Waals surface area (Å²) in [5, 5.41) is 12.3. The van der Waals surface area contributed by atoms with Crippen molar-refractivity contribution >= 4 is 11.8 Å². The Balaban J connectivity index is 1.79. The molecule has 0 radical (unpaired) electrons. The Morgan fingerprint density at radius 1 is 1.22 bits per heavy atom. The highest BCUT2D eigenvalue weighted by Gasteiger charge is 2.26. The fourth-order valence-electron chi connectivity index (χ4n) is 3.06. The Morgan fingerprint density at radius 3 is 2.74 bits per heavy atom. The molecule has 1 fully saturated rings. The largest absolute Gasteiger partial charge is 0.395 e. The normalized spacial score (nSPS) is 18.3. The van der Waals surface area contributed by atoms with Crippen molar-refractivity contribution in [1.82, 2.24) is 24.8 Å². The Hall–Kier alpha value is -2.12.